The van der Waals surface area contributed by atoms with Gasteiger partial charge in [0.2, 0.25) is 11.9 Å². The monoisotopic (exact) mass is 398 g/mol. The fourth-order valence-corrected chi connectivity index (χ4v) is 2.66. The molecule has 9 heteroatoms. The minimum atomic E-state index is -0.517. The number of hydrogen-bond acceptors (Lipinski definition) is 7. The third-order valence-corrected chi connectivity index (χ3v) is 4.12. The molecule has 0 atom stereocenters. The maximum Gasteiger partial charge on any atom is 0.293 e. The van der Waals surface area contributed by atoms with Crippen molar-refractivity contribution < 1.29 is 14.3 Å². The van der Waals surface area contributed by atoms with Crippen molar-refractivity contribution in [3.05, 3.63) is 53.7 Å². The molecule has 0 spiro atoms. The molecular formula is C20H26N6O3. The molecule has 0 aliphatic heterocycles. The number of rotatable bonds is 9. The van der Waals surface area contributed by atoms with E-state index in [1.54, 1.807) is 6.07 Å². The van der Waals surface area contributed by atoms with Crippen LogP contribution in [0.2, 0.25) is 0 Å². The van der Waals surface area contributed by atoms with Crippen LogP contribution >= 0.6 is 0 Å². The zero-order valence-electron chi connectivity index (χ0n) is 16.4. The van der Waals surface area contributed by atoms with E-state index in [0.717, 1.165) is 31.5 Å². The number of unbranched alkanes of at least 4 members (excludes halogenated alkanes) is 1. The van der Waals surface area contributed by atoms with Crippen molar-refractivity contribution in [2.75, 3.05) is 19.3 Å². The molecule has 2 aromatic heterocycles. The van der Waals surface area contributed by atoms with Gasteiger partial charge in [-0.1, -0.05) is 30.3 Å². The summed E-state index contributed by atoms with van der Waals surface area (Å²) in [4.78, 5) is 29.3. The lowest BCUT2D eigenvalue weighted by molar-refractivity contribution is -0.129. The highest BCUT2D eigenvalue weighted by Crippen LogP contribution is 2.17. The van der Waals surface area contributed by atoms with Crippen molar-refractivity contribution >= 4 is 29.5 Å². The number of aromatic nitrogens is 3. The van der Waals surface area contributed by atoms with Gasteiger partial charge in [-0.3, -0.25) is 14.2 Å². The molecule has 1 aromatic carbocycles. The Kier molecular flexibility index (Phi) is 8.58. The van der Waals surface area contributed by atoms with Gasteiger partial charge in [-0.05, 0) is 38.1 Å². The molecule has 0 radical (unpaired) electrons. The number of primary amides is 1. The summed E-state index contributed by atoms with van der Waals surface area (Å²) in [6.45, 7) is 2.54. The Hall–Kier alpha value is -3.46. The maximum atomic E-state index is 11.1. The Bertz CT molecular complexity index is 927. The average molecular weight is 398 g/mol. The Morgan fingerprint density at radius 1 is 1.28 bits per heavy atom. The third kappa shape index (κ3) is 6.58. The second kappa shape index (κ2) is 11.4. The van der Waals surface area contributed by atoms with Crippen molar-refractivity contribution in [3.8, 4) is 0 Å². The standard InChI is InChI=1S/C12H18N6O.C8H8O2/c1-15-4-2-3-5-18-11-9(17-12(18)14)6-8(7-16-11)10(13)19;9-7-10-6-8-4-2-1-3-5-8/h6-7,15H,2-5H2,1H3,(H2,13,19)(H2,14,17);1-5,7H,6H2. The molecular weight excluding hydrogens is 372 g/mol. The van der Waals surface area contributed by atoms with E-state index in [1.165, 1.54) is 6.20 Å². The number of imidazole rings is 1. The molecule has 9 nitrogen and oxygen atoms in total. The number of nitrogens with one attached hydrogen (secondary N) is 1. The van der Waals surface area contributed by atoms with Gasteiger partial charge < -0.3 is 21.5 Å². The molecule has 5 N–H and O–H groups in total. The number of nitrogens with zero attached hydrogens (tertiary/aromatic N) is 3. The summed E-state index contributed by atoms with van der Waals surface area (Å²) < 4.78 is 6.40. The first-order valence-corrected chi connectivity index (χ1v) is 9.22. The van der Waals surface area contributed by atoms with Gasteiger partial charge >= 0.3 is 0 Å². The number of fused-ring (bicyclic) bond motifs is 1. The molecule has 1 amide bonds. The Labute approximate surface area is 169 Å². The molecule has 0 unspecified atom stereocenters. The number of aryl methyl sites for hydroxylation is 1. The third-order valence-electron chi connectivity index (χ3n) is 4.12. The molecule has 0 aliphatic carbocycles. The summed E-state index contributed by atoms with van der Waals surface area (Å²) in [6, 6.07) is 11.2. The highest BCUT2D eigenvalue weighted by atomic mass is 16.5. The molecule has 3 aromatic rings. The largest absolute Gasteiger partial charge is 0.463 e. The predicted octanol–water partition coefficient (Wildman–Crippen LogP) is 1.47. The quantitative estimate of drug-likeness (QED) is 0.366. The number of carbonyl (C=O) groups is 2. The number of ether oxygens (including phenoxy) is 1. The van der Waals surface area contributed by atoms with Gasteiger partial charge in [-0.2, -0.15) is 0 Å². The maximum absolute atomic E-state index is 11.1. The van der Waals surface area contributed by atoms with Crippen LogP contribution in [-0.4, -0.2) is 40.5 Å². The molecule has 0 aliphatic rings. The van der Waals surface area contributed by atoms with Crippen molar-refractivity contribution in [2.24, 2.45) is 5.73 Å². The number of nitrogens with two attached hydrogens (primary N) is 2. The number of anilines is 1. The van der Waals surface area contributed by atoms with Gasteiger partial charge in [0.25, 0.3) is 6.47 Å². The van der Waals surface area contributed by atoms with Gasteiger partial charge in [0.05, 0.1) is 5.56 Å². The van der Waals surface area contributed by atoms with E-state index in [2.05, 4.69) is 20.0 Å². The molecule has 3 rings (SSSR count). The molecule has 29 heavy (non-hydrogen) atoms. The Morgan fingerprint density at radius 3 is 2.69 bits per heavy atom. The van der Waals surface area contributed by atoms with E-state index < -0.39 is 5.91 Å². The number of hydrogen-bond donors (Lipinski definition) is 3. The SMILES string of the molecule is CNCCCCn1c(N)nc2cc(C(N)=O)cnc21.O=COCc1ccccc1. The van der Waals surface area contributed by atoms with E-state index in [-0.39, 0.29) is 0 Å². The van der Waals surface area contributed by atoms with Gasteiger partial charge in [-0.15, -0.1) is 0 Å². The highest BCUT2D eigenvalue weighted by Gasteiger charge is 2.11. The van der Waals surface area contributed by atoms with Crippen LogP contribution in [0.25, 0.3) is 11.2 Å². The second-order valence-electron chi connectivity index (χ2n) is 6.26. The van der Waals surface area contributed by atoms with Crippen LogP contribution in [0, 0.1) is 0 Å². The minimum absolute atomic E-state index is 0.340. The van der Waals surface area contributed by atoms with Crippen LogP contribution in [-0.2, 0) is 22.7 Å². The first kappa shape index (κ1) is 21.8. The topological polar surface area (TPSA) is 138 Å². The Morgan fingerprint density at radius 2 is 2.03 bits per heavy atom. The van der Waals surface area contributed by atoms with Crippen LogP contribution in [0.5, 0.6) is 0 Å². The molecule has 154 valence electrons. The first-order valence-electron chi connectivity index (χ1n) is 9.22. The molecule has 0 bridgehead atoms. The fraction of sp³-hybridized carbons (Fsp3) is 0.300. The smallest absolute Gasteiger partial charge is 0.293 e. The summed E-state index contributed by atoms with van der Waals surface area (Å²) in [5.41, 5.74) is 13.7. The second-order valence-corrected chi connectivity index (χ2v) is 6.26. The van der Waals surface area contributed by atoms with Crippen LogP contribution in [0.15, 0.2) is 42.6 Å². The van der Waals surface area contributed by atoms with Crippen LogP contribution < -0.4 is 16.8 Å². The number of carbonyl (C=O) groups excluding carboxylic acids is 2. The summed E-state index contributed by atoms with van der Waals surface area (Å²) >= 11 is 0. The van der Waals surface area contributed by atoms with Crippen molar-refractivity contribution in [3.63, 3.8) is 0 Å². The number of pyridine rings is 1. The zero-order valence-corrected chi connectivity index (χ0v) is 16.4. The lowest BCUT2D eigenvalue weighted by Crippen LogP contribution is -2.11. The minimum Gasteiger partial charge on any atom is -0.463 e. The van der Waals surface area contributed by atoms with Gasteiger partial charge in [-0.25, -0.2) is 9.97 Å². The van der Waals surface area contributed by atoms with E-state index >= 15 is 0 Å². The van der Waals surface area contributed by atoms with Crippen molar-refractivity contribution in [2.45, 2.75) is 26.0 Å². The lowest BCUT2D eigenvalue weighted by atomic mass is 10.2. The number of nitrogen functional groups attached to an aromatic ring is 1. The molecule has 0 fully saturated rings. The summed E-state index contributed by atoms with van der Waals surface area (Å²) in [5.74, 6) is -0.106. The van der Waals surface area contributed by atoms with Gasteiger partial charge in [0.1, 0.15) is 12.1 Å². The van der Waals surface area contributed by atoms with E-state index in [9.17, 15) is 9.59 Å². The summed E-state index contributed by atoms with van der Waals surface area (Å²) in [7, 11) is 1.92. The van der Waals surface area contributed by atoms with Gasteiger partial charge in [0.15, 0.2) is 5.65 Å². The number of amides is 1. The van der Waals surface area contributed by atoms with Crippen LogP contribution in [0.4, 0.5) is 5.95 Å². The molecule has 2 heterocycles. The zero-order chi connectivity index (χ0) is 21.1. The summed E-state index contributed by atoms with van der Waals surface area (Å²) in [5, 5.41) is 3.10. The van der Waals surface area contributed by atoms with E-state index in [0.29, 0.717) is 35.8 Å². The fourth-order valence-electron chi connectivity index (χ4n) is 2.66. The average Bonchev–Trinajstić information content (AvgIpc) is 3.05. The Balaban J connectivity index is 0.000000253. The van der Waals surface area contributed by atoms with E-state index in [1.807, 2.05) is 41.9 Å². The lowest BCUT2D eigenvalue weighted by Gasteiger charge is -2.05. The normalized spacial score (nSPS) is 10.2. The predicted molar refractivity (Wildman–Crippen MR) is 111 cm³/mol. The number of benzene rings is 1. The summed E-state index contributed by atoms with van der Waals surface area (Å²) in [6.07, 6.45) is 3.49. The van der Waals surface area contributed by atoms with Crippen molar-refractivity contribution in [1.82, 2.24) is 19.9 Å². The van der Waals surface area contributed by atoms with E-state index in [4.69, 9.17) is 11.5 Å². The highest BCUT2D eigenvalue weighted by molar-refractivity contribution is 5.95. The van der Waals surface area contributed by atoms with Crippen molar-refractivity contribution in [1.29, 1.82) is 0 Å². The van der Waals surface area contributed by atoms with Gasteiger partial charge in [0, 0.05) is 12.7 Å². The van der Waals surface area contributed by atoms with Crippen LogP contribution in [0.3, 0.4) is 0 Å². The first-order chi connectivity index (χ1) is 14.1. The van der Waals surface area contributed by atoms with Crippen LogP contribution in [0.1, 0.15) is 28.8 Å². The molecule has 0 saturated carbocycles. The molecule has 0 saturated heterocycles.